The second kappa shape index (κ2) is 5.57. The number of rotatable bonds is 3. The maximum absolute atomic E-state index is 13.0. The number of benzene rings is 2. The first-order valence-corrected chi connectivity index (χ1v) is 7.29. The van der Waals surface area contributed by atoms with Crippen LogP contribution in [0.5, 0.6) is 0 Å². The lowest BCUT2D eigenvalue weighted by Crippen LogP contribution is -2.12. The summed E-state index contributed by atoms with van der Waals surface area (Å²) in [6.07, 6.45) is 0. The largest absolute Gasteiger partial charge is 0.382 e. The van der Waals surface area contributed by atoms with Gasteiger partial charge in [-0.1, -0.05) is 30.3 Å². The summed E-state index contributed by atoms with van der Waals surface area (Å²) in [5.74, 6) is -0.496. The number of aromatic nitrogens is 1. The molecule has 3 rings (SSSR count). The van der Waals surface area contributed by atoms with Crippen LogP contribution in [-0.2, 0) is 0 Å². The van der Waals surface area contributed by atoms with Crippen LogP contribution in [0.1, 0.15) is 10.4 Å². The Hall–Kier alpha value is -2.73. The zero-order valence-corrected chi connectivity index (χ0v) is 12.2. The molecule has 0 saturated heterocycles. The van der Waals surface area contributed by atoms with Crippen LogP contribution in [0.15, 0.2) is 48.5 Å². The Bertz CT molecular complexity index is 843. The number of thiazole rings is 1. The minimum atomic E-state index is -0.521. The van der Waals surface area contributed by atoms with Crippen molar-refractivity contribution in [2.24, 2.45) is 5.73 Å². The quantitative estimate of drug-likeness (QED) is 0.778. The zero-order chi connectivity index (χ0) is 15.7. The molecule has 4 N–H and O–H groups in total. The van der Waals surface area contributed by atoms with Crippen LogP contribution in [0, 0.1) is 5.82 Å². The Morgan fingerprint density at radius 1 is 1.09 bits per heavy atom. The van der Waals surface area contributed by atoms with Crippen molar-refractivity contribution in [2.45, 2.75) is 0 Å². The summed E-state index contributed by atoms with van der Waals surface area (Å²) in [6.45, 7) is 0. The topological polar surface area (TPSA) is 82.0 Å². The van der Waals surface area contributed by atoms with Gasteiger partial charge < -0.3 is 11.5 Å². The summed E-state index contributed by atoms with van der Waals surface area (Å²) in [6, 6.07) is 13.0. The molecule has 0 saturated carbocycles. The van der Waals surface area contributed by atoms with E-state index in [4.69, 9.17) is 11.5 Å². The van der Waals surface area contributed by atoms with Gasteiger partial charge in [-0.25, -0.2) is 9.37 Å². The Balaban J connectivity index is 2.10. The average molecular weight is 313 g/mol. The van der Waals surface area contributed by atoms with Gasteiger partial charge in [0.2, 0.25) is 5.91 Å². The molecule has 2 aromatic carbocycles. The summed E-state index contributed by atoms with van der Waals surface area (Å²) in [5, 5.41) is 0.603. The minimum absolute atomic E-state index is 0.314. The fraction of sp³-hybridized carbons (Fsp3) is 0. The van der Waals surface area contributed by atoms with Crippen LogP contribution >= 0.6 is 11.3 Å². The third-order valence-corrected chi connectivity index (χ3v) is 4.34. The van der Waals surface area contributed by atoms with Crippen LogP contribution in [0.3, 0.4) is 0 Å². The average Bonchev–Trinajstić information content (AvgIpc) is 2.90. The first-order valence-electron chi connectivity index (χ1n) is 6.47. The number of hydrogen-bond donors (Lipinski definition) is 2. The van der Waals surface area contributed by atoms with E-state index in [1.807, 2.05) is 0 Å². The molecule has 1 heterocycles. The van der Waals surface area contributed by atoms with E-state index < -0.39 is 5.91 Å². The maximum Gasteiger partial charge on any atom is 0.249 e. The number of amides is 1. The van der Waals surface area contributed by atoms with E-state index in [2.05, 4.69) is 4.98 Å². The van der Waals surface area contributed by atoms with E-state index >= 15 is 0 Å². The lowest BCUT2D eigenvalue weighted by Gasteiger charge is -2.02. The molecule has 6 heteroatoms. The number of halogens is 1. The Kier molecular flexibility index (Phi) is 3.60. The van der Waals surface area contributed by atoms with E-state index in [1.54, 1.807) is 36.4 Å². The Morgan fingerprint density at radius 2 is 1.77 bits per heavy atom. The van der Waals surface area contributed by atoms with Crippen molar-refractivity contribution in [1.29, 1.82) is 0 Å². The monoisotopic (exact) mass is 313 g/mol. The molecule has 22 heavy (non-hydrogen) atoms. The molecule has 0 aliphatic carbocycles. The molecule has 0 radical (unpaired) electrons. The molecule has 0 unspecified atom stereocenters. The number of anilines is 1. The molecular weight excluding hydrogens is 301 g/mol. The molecular formula is C16H12FN3OS. The summed E-state index contributed by atoms with van der Waals surface area (Å²) >= 11 is 1.34. The van der Waals surface area contributed by atoms with E-state index in [-0.39, 0.29) is 5.82 Å². The van der Waals surface area contributed by atoms with Gasteiger partial charge in [0.25, 0.3) is 0 Å². The fourth-order valence-corrected chi connectivity index (χ4v) is 3.17. The summed E-state index contributed by atoms with van der Waals surface area (Å²) in [7, 11) is 0. The van der Waals surface area contributed by atoms with Gasteiger partial charge in [0, 0.05) is 11.1 Å². The van der Waals surface area contributed by atoms with E-state index in [0.29, 0.717) is 22.0 Å². The first kappa shape index (κ1) is 14.2. The normalized spacial score (nSPS) is 10.6. The van der Waals surface area contributed by atoms with Gasteiger partial charge in [-0.2, -0.15) is 0 Å². The Morgan fingerprint density at radius 3 is 2.45 bits per heavy atom. The van der Waals surface area contributed by atoms with Crippen molar-refractivity contribution < 1.29 is 9.18 Å². The van der Waals surface area contributed by atoms with Gasteiger partial charge in [0.15, 0.2) is 0 Å². The first-order chi connectivity index (χ1) is 10.6. The zero-order valence-electron chi connectivity index (χ0n) is 11.4. The van der Waals surface area contributed by atoms with E-state index in [0.717, 1.165) is 10.4 Å². The van der Waals surface area contributed by atoms with Gasteiger partial charge in [-0.05, 0) is 23.8 Å². The molecule has 0 fully saturated rings. The molecule has 4 nitrogen and oxygen atoms in total. The number of carbonyl (C=O) groups excluding carboxylic acids is 1. The number of nitrogens with two attached hydrogens (primary N) is 2. The van der Waals surface area contributed by atoms with E-state index in [9.17, 15) is 9.18 Å². The molecule has 1 aromatic heterocycles. The van der Waals surface area contributed by atoms with Crippen LogP contribution < -0.4 is 11.5 Å². The number of primary amides is 1. The second-order valence-corrected chi connectivity index (χ2v) is 5.65. The van der Waals surface area contributed by atoms with Crippen molar-refractivity contribution in [3.63, 3.8) is 0 Å². The molecule has 1 amide bonds. The van der Waals surface area contributed by atoms with Gasteiger partial charge in [-0.15, -0.1) is 11.3 Å². The molecule has 0 bridgehead atoms. The molecule has 3 aromatic rings. The molecule has 110 valence electrons. The lowest BCUT2D eigenvalue weighted by molar-refractivity contribution is 0.100. The highest BCUT2D eigenvalue weighted by molar-refractivity contribution is 7.19. The lowest BCUT2D eigenvalue weighted by atomic mass is 10.1. The minimum Gasteiger partial charge on any atom is -0.382 e. The van der Waals surface area contributed by atoms with Crippen molar-refractivity contribution >= 4 is 23.1 Å². The highest BCUT2D eigenvalue weighted by Crippen LogP contribution is 2.38. The molecule has 0 spiro atoms. The maximum atomic E-state index is 13.0. The standard InChI is InChI=1S/C16H12FN3OS/c17-10-7-5-9(6-8-10)13-14(18)20-16(22-13)12-4-2-1-3-11(12)15(19)21/h1-8H,18H2,(H2,19,21). The number of carbonyl (C=O) groups is 1. The van der Waals surface area contributed by atoms with Gasteiger partial charge in [0.05, 0.1) is 4.88 Å². The van der Waals surface area contributed by atoms with Crippen molar-refractivity contribution in [3.8, 4) is 21.0 Å². The van der Waals surface area contributed by atoms with Crippen LogP contribution in [-0.4, -0.2) is 10.9 Å². The predicted molar refractivity (Wildman–Crippen MR) is 85.9 cm³/mol. The number of nitrogens with zero attached hydrogens (tertiary/aromatic N) is 1. The van der Waals surface area contributed by atoms with Crippen molar-refractivity contribution in [1.82, 2.24) is 4.98 Å². The van der Waals surface area contributed by atoms with Crippen LogP contribution in [0.4, 0.5) is 10.2 Å². The van der Waals surface area contributed by atoms with Gasteiger partial charge in [-0.3, -0.25) is 4.79 Å². The van der Waals surface area contributed by atoms with Crippen LogP contribution in [0.25, 0.3) is 21.0 Å². The third kappa shape index (κ3) is 2.56. The van der Waals surface area contributed by atoms with Crippen molar-refractivity contribution in [2.75, 3.05) is 5.73 Å². The van der Waals surface area contributed by atoms with E-state index in [1.165, 1.54) is 23.5 Å². The van der Waals surface area contributed by atoms with Gasteiger partial charge in [0.1, 0.15) is 16.6 Å². The highest BCUT2D eigenvalue weighted by atomic mass is 32.1. The fourth-order valence-electron chi connectivity index (χ4n) is 2.14. The smallest absolute Gasteiger partial charge is 0.249 e. The molecule has 0 atom stereocenters. The second-order valence-electron chi connectivity index (χ2n) is 4.65. The predicted octanol–water partition coefficient (Wildman–Crippen LogP) is 3.30. The summed E-state index contributed by atoms with van der Waals surface area (Å²) < 4.78 is 13.0. The Labute approximate surface area is 130 Å². The number of hydrogen-bond acceptors (Lipinski definition) is 4. The van der Waals surface area contributed by atoms with Crippen molar-refractivity contribution in [3.05, 3.63) is 59.9 Å². The van der Waals surface area contributed by atoms with Gasteiger partial charge >= 0.3 is 0 Å². The van der Waals surface area contributed by atoms with Crippen LogP contribution in [0.2, 0.25) is 0 Å². The highest BCUT2D eigenvalue weighted by Gasteiger charge is 2.16. The summed E-state index contributed by atoms with van der Waals surface area (Å²) in [5.41, 5.74) is 13.2. The molecule has 0 aliphatic heterocycles. The number of nitrogen functional groups attached to an aromatic ring is 1. The summed E-state index contributed by atoms with van der Waals surface area (Å²) in [4.78, 5) is 16.6. The molecule has 0 aliphatic rings. The third-order valence-electron chi connectivity index (χ3n) is 3.18. The SMILES string of the molecule is NC(=O)c1ccccc1-c1nc(N)c(-c2ccc(F)cc2)s1.